The van der Waals surface area contributed by atoms with Gasteiger partial charge in [-0.2, -0.15) is 0 Å². The summed E-state index contributed by atoms with van der Waals surface area (Å²) in [6.07, 6.45) is 7.53. The van der Waals surface area contributed by atoms with Gasteiger partial charge in [0.15, 0.2) is 5.95 Å². The molecule has 0 saturated heterocycles. The first-order valence-electron chi connectivity index (χ1n) is 5.78. The summed E-state index contributed by atoms with van der Waals surface area (Å²) in [7, 11) is 0. The van der Waals surface area contributed by atoms with Crippen LogP contribution in [0.1, 0.15) is 25.7 Å². The molecule has 1 aliphatic carbocycles. The number of nitrogens with two attached hydrogens (primary N) is 1. The van der Waals surface area contributed by atoms with E-state index in [1.165, 1.54) is 0 Å². The van der Waals surface area contributed by atoms with Crippen molar-refractivity contribution in [2.45, 2.75) is 25.7 Å². The molecular weight excluding hydrogens is 204 g/mol. The molecule has 16 heavy (non-hydrogen) atoms. The number of H-pyrrole nitrogens is 1. The van der Waals surface area contributed by atoms with Crippen LogP contribution < -0.4 is 11.1 Å². The zero-order valence-corrected chi connectivity index (χ0v) is 9.28. The van der Waals surface area contributed by atoms with Gasteiger partial charge in [0.25, 0.3) is 0 Å². The van der Waals surface area contributed by atoms with E-state index >= 15 is 0 Å². The number of aromatic amines is 1. The van der Waals surface area contributed by atoms with Crippen molar-refractivity contribution in [1.82, 2.24) is 9.97 Å². The van der Waals surface area contributed by atoms with Crippen molar-refractivity contribution in [1.29, 1.82) is 0 Å². The average Bonchev–Trinajstić information content (AvgIpc) is 2.80. The minimum Gasteiger partial charge on any atom is -0.369 e. The third kappa shape index (κ3) is 2.74. The Morgan fingerprint density at radius 3 is 2.81 bits per heavy atom. The largest absolute Gasteiger partial charge is 0.369 e. The lowest BCUT2D eigenvalue weighted by Crippen LogP contribution is -2.29. The molecule has 1 aromatic heterocycles. The van der Waals surface area contributed by atoms with E-state index < -0.39 is 0 Å². The van der Waals surface area contributed by atoms with Gasteiger partial charge in [-0.25, -0.2) is 4.98 Å². The van der Waals surface area contributed by atoms with Crippen molar-refractivity contribution in [2.75, 3.05) is 11.9 Å². The highest BCUT2D eigenvalue weighted by Gasteiger charge is 2.24. The number of nitrogens with one attached hydrogen (secondary N) is 2. The number of imidazole rings is 1. The maximum Gasteiger partial charge on any atom is 0.220 e. The van der Waals surface area contributed by atoms with E-state index in [9.17, 15) is 4.79 Å². The fourth-order valence-electron chi connectivity index (χ4n) is 2.25. The fourth-order valence-corrected chi connectivity index (χ4v) is 2.25. The molecule has 4 N–H and O–H groups in total. The van der Waals surface area contributed by atoms with Crippen LogP contribution >= 0.6 is 0 Å². The Balaban J connectivity index is 1.71. The molecular formula is C11H18N4O. The highest BCUT2D eigenvalue weighted by atomic mass is 16.1. The summed E-state index contributed by atoms with van der Waals surface area (Å²) >= 11 is 0. The van der Waals surface area contributed by atoms with E-state index in [0.717, 1.165) is 38.2 Å². The van der Waals surface area contributed by atoms with Crippen LogP contribution in [0.4, 0.5) is 5.95 Å². The van der Waals surface area contributed by atoms with Gasteiger partial charge in [-0.15, -0.1) is 0 Å². The van der Waals surface area contributed by atoms with Crippen molar-refractivity contribution in [3.05, 3.63) is 12.4 Å². The molecule has 1 heterocycles. The van der Waals surface area contributed by atoms with Gasteiger partial charge in [0, 0.05) is 24.9 Å². The predicted molar refractivity (Wildman–Crippen MR) is 61.7 cm³/mol. The van der Waals surface area contributed by atoms with Crippen molar-refractivity contribution in [3.8, 4) is 0 Å². The molecule has 1 amide bonds. The molecule has 0 bridgehead atoms. The monoisotopic (exact) mass is 222 g/mol. The van der Waals surface area contributed by atoms with Crippen LogP contribution in [0, 0.1) is 11.8 Å². The summed E-state index contributed by atoms with van der Waals surface area (Å²) in [5.41, 5.74) is 5.29. The molecule has 5 heteroatoms. The second-order valence-electron chi connectivity index (χ2n) is 4.44. The van der Waals surface area contributed by atoms with Crippen molar-refractivity contribution < 1.29 is 4.79 Å². The van der Waals surface area contributed by atoms with Crippen LogP contribution in [0.3, 0.4) is 0 Å². The van der Waals surface area contributed by atoms with Crippen LogP contribution in [0.5, 0.6) is 0 Å². The van der Waals surface area contributed by atoms with E-state index in [-0.39, 0.29) is 11.8 Å². The van der Waals surface area contributed by atoms with Gasteiger partial charge in [0.05, 0.1) is 0 Å². The van der Waals surface area contributed by atoms with Gasteiger partial charge in [-0.1, -0.05) is 0 Å². The topological polar surface area (TPSA) is 83.8 Å². The molecule has 0 aliphatic heterocycles. The summed E-state index contributed by atoms with van der Waals surface area (Å²) in [4.78, 5) is 18.1. The molecule has 0 radical (unpaired) electrons. The van der Waals surface area contributed by atoms with Crippen LogP contribution in [-0.4, -0.2) is 22.4 Å². The predicted octanol–water partition coefficient (Wildman–Crippen LogP) is 1.11. The molecule has 0 unspecified atom stereocenters. The Bertz CT molecular complexity index is 328. The van der Waals surface area contributed by atoms with Crippen molar-refractivity contribution >= 4 is 11.9 Å². The van der Waals surface area contributed by atoms with Crippen molar-refractivity contribution in [3.63, 3.8) is 0 Å². The number of hydrogen-bond acceptors (Lipinski definition) is 3. The molecule has 88 valence electrons. The quantitative estimate of drug-likeness (QED) is 0.713. The van der Waals surface area contributed by atoms with Crippen LogP contribution in [0.15, 0.2) is 12.4 Å². The van der Waals surface area contributed by atoms with E-state index in [1.54, 1.807) is 12.4 Å². The standard InChI is InChI=1S/C11H18N4O/c12-10(16)9-3-1-8(2-4-9)7-15-11-13-5-6-14-11/h5-6,8-9H,1-4,7H2,(H2,12,16)(H2,13,14,15). The Morgan fingerprint density at radius 1 is 1.50 bits per heavy atom. The molecule has 1 fully saturated rings. The zero-order valence-electron chi connectivity index (χ0n) is 9.28. The number of hydrogen-bond donors (Lipinski definition) is 3. The van der Waals surface area contributed by atoms with Crippen LogP contribution in [-0.2, 0) is 4.79 Å². The zero-order chi connectivity index (χ0) is 11.4. The van der Waals surface area contributed by atoms with E-state index in [4.69, 9.17) is 5.73 Å². The van der Waals surface area contributed by atoms with Crippen molar-refractivity contribution in [2.24, 2.45) is 17.6 Å². The van der Waals surface area contributed by atoms with E-state index in [1.807, 2.05) is 0 Å². The number of rotatable bonds is 4. The normalized spacial score (nSPS) is 25.2. The number of carbonyl (C=O) groups excluding carboxylic acids is 1. The fraction of sp³-hybridized carbons (Fsp3) is 0.636. The number of anilines is 1. The molecule has 0 atom stereocenters. The first kappa shape index (κ1) is 11.0. The maximum atomic E-state index is 11.0. The lowest BCUT2D eigenvalue weighted by atomic mass is 9.82. The Morgan fingerprint density at radius 2 is 2.25 bits per heavy atom. The van der Waals surface area contributed by atoms with Crippen LogP contribution in [0.25, 0.3) is 0 Å². The third-order valence-electron chi connectivity index (χ3n) is 3.31. The number of aromatic nitrogens is 2. The number of carbonyl (C=O) groups is 1. The second-order valence-corrected chi connectivity index (χ2v) is 4.44. The lowest BCUT2D eigenvalue weighted by molar-refractivity contribution is -0.122. The molecule has 2 rings (SSSR count). The molecule has 0 aromatic carbocycles. The molecule has 1 saturated carbocycles. The van der Waals surface area contributed by atoms with Gasteiger partial charge >= 0.3 is 0 Å². The molecule has 0 spiro atoms. The minimum atomic E-state index is -0.141. The summed E-state index contributed by atoms with van der Waals surface area (Å²) in [5.74, 6) is 1.40. The SMILES string of the molecule is NC(=O)C1CCC(CNc2ncc[nH]2)CC1. The molecule has 1 aromatic rings. The van der Waals surface area contributed by atoms with Gasteiger partial charge in [0.2, 0.25) is 5.91 Å². The smallest absolute Gasteiger partial charge is 0.220 e. The second kappa shape index (κ2) is 5.01. The lowest BCUT2D eigenvalue weighted by Gasteiger charge is -2.26. The van der Waals surface area contributed by atoms with Gasteiger partial charge in [-0.3, -0.25) is 4.79 Å². The van der Waals surface area contributed by atoms with Gasteiger partial charge in [0.1, 0.15) is 0 Å². The Labute approximate surface area is 94.8 Å². The Kier molecular flexibility index (Phi) is 3.44. The number of nitrogens with zero attached hydrogens (tertiary/aromatic N) is 1. The number of primary amides is 1. The number of amides is 1. The first-order valence-corrected chi connectivity index (χ1v) is 5.78. The Hall–Kier alpha value is -1.52. The highest BCUT2D eigenvalue weighted by molar-refractivity contribution is 5.76. The summed E-state index contributed by atoms with van der Waals surface area (Å²) in [6, 6.07) is 0. The molecule has 5 nitrogen and oxygen atoms in total. The van der Waals surface area contributed by atoms with Crippen LogP contribution in [0.2, 0.25) is 0 Å². The average molecular weight is 222 g/mol. The van der Waals surface area contributed by atoms with E-state index in [0.29, 0.717) is 5.92 Å². The summed E-state index contributed by atoms with van der Waals surface area (Å²) < 4.78 is 0. The highest BCUT2D eigenvalue weighted by Crippen LogP contribution is 2.28. The third-order valence-corrected chi connectivity index (χ3v) is 3.31. The summed E-state index contributed by atoms with van der Waals surface area (Å²) in [5, 5.41) is 3.26. The minimum absolute atomic E-state index is 0.0971. The molecule has 1 aliphatic rings. The van der Waals surface area contributed by atoms with E-state index in [2.05, 4.69) is 15.3 Å². The van der Waals surface area contributed by atoms with Gasteiger partial charge < -0.3 is 16.0 Å². The summed E-state index contributed by atoms with van der Waals surface area (Å²) in [6.45, 7) is 0.916. The van der Waals surface area contributed by atoms with Gasteiger partial charge in [-0.05, 0) is 31.6 Å². The first-order chi connectivity index (χ1) is 7.75. The maximum absolute atomic E-state index is 11.0.